The number of sulfonamides is 1. The van der Waals surface area contributed by atoms with Gasteiger partial charge in [0.05, 0.1) is 15.1 Å². The molecular weight excluding hydrogens is 499 g/mol. The van der Waals surface area contributed by atoms with Crippen LogP contribution < -0.4 is 4.90 Å². The number of carbonyl (C=O) groups is 1. The average Bonchev–Trinajstić information content (AvgIpc) is 3.23. The van der Waals surface area contributed by atoms with E-state index in [0.717, 1.165) is 19.4 Å². The van der Waals surface area contributed by atoms with Gasteiger partial charge < -0.3 is 4.90 Å². The van der Waals surface area contributed by atoms with Gasteiger partial charge in [0.1, 0.15) is 5.82 Å². The molecule has 1 aliphatic heterocycles. The van der Waals surface area contributed by atoms with Gasteiger partial charge in [0.25, 0.3) is 5.91 Å². The van der Waals surface area contributed by atoms with Gasteiger partial charge in [0.15, 0.2) is 5.13 Å². The number of fused-ring (bicyclic) bond motifs is 1. The molecule has 1 aromatic heterocycles. The van der Waals surface area contributed by atoms with Crippen molar-refractivity contribution in [2.75, 3.05) is 45.2 Å². The molecule has 2 unspecified atom stereocenters. The summed E-state index contributed by atoms with van der Waals surface area (Å²) < 4.78 is 42.4. The summed E-state index contributed by atoms with van der Waals surface area (Å²) in [5.41, 5.74) is 1.01. The van der Waals surface area contributed by atoms with Gasteiger partial charge in [-0.25, -0.2) is 17.8 Å². The van der Waals surface area contributed by atoms with Crippen molar-refractivity contribution in [2.24, 2.45) is 11.8 Å². The van der Waals surface area contributed by atoms with E-state index in [1.165, 1.54) is 35.6 Å². The summed E-state index contributed by atoms with van der Waals surface area (Å²) in [6.45, 7) is 6.37. The number of amides is 1. The number of carbonyl (C=O) groups excluding carboxylic acids is 1. The second-order valence-corrected chi connectivity index (χ2v) is 13.0. The Morgan fingerprint density at radius 1 is 1.08 bits per heavy atom. The lowest BCUT2D eigenvalue weighted by Crippen LogP contribution is -2.42. The molecule has 0 bridgehead atoms. The number of hydrogen-bond acceptors (Lipinski definition) is 6. The molecule has 2 heterocycles. The van der Waals surface area contributed by atoms with E-state index in [0.29, 0.717) is 52.4 Å². The largest absolute Gasteiger partial charge is 0.309 e. The maximum Gasteiger partial charge on any atom is 0.260 e. The van der Waals surface area contributed by atoms with Crippen molar-refractivity contribution in [1.29, 1.82) is 0 Å². The summed E-state index contributed by atoms with van der Waals surface area (Å²) >= 11 is 1.27. The average molecular weight is 533 g/mol. The molecule has 0 radical (unpaired) electrons. The Bertz CT molecular complexity index is 1310. The van der Waals surface area contributed by atoms with Crippen LogP contribution in [0.4, 0.5) is 9.52 Å². The zero-order valence-electron chi connectivity index (χ0n) is 21.1. The standard InChI is InChI=1S/C26H33FN4O3S2/c1-18-14-19(2)17-30(16-18)36(33,34)22-9-6-20(7-10-22)25(32)31(13-5-12-29(3)4)26-28-23-11-8-21(27)15-24(23)35-26/h6-11,15,18-19H,5,12-14,16-17H2,1-4H3. The molecule has 3 aromatic rings. The van der Waals surface area contributed by atoms with Gasteiger partial charge in [-0.3, -0.25) is 9.69 Å². The highest BCUT2D eigenvalue weighted by atomic mass is 32.2. The lowest BCUT2D eigenvalue weighted by molar-refractivity contribution is 0.0986. The van der Waals surface area contributed by atoms with Crippen LogP contribution in [-0.2, 0) is 10.0 Å². The first-order valence-electron chi connectivity index (χ1n) is 12.2. The Kier molecular flexibility index (Phi) is 8.09. The quantitative estimate of drug-likeness (QED) is 0.421. The third-order valence-corrected chi connectivity index (χ3v) is 9.26. The lowest BCUT2D eigenvalue weighted by atomic mass is 9.94. The number of benzene rings is 2. The number of anilines is 1. The fraction of sp³-hybridized carbons (Fsp3) is 0.462. The number of thiazole rings is 1. The molecular formula is C26H33FN4O3S2. The highest BCUT2D eigenvalue weighted by Crippen LogP contribution is 2.31. The summed E-state index contributed by atoms with van der Waals surface area (Å²) in [7, 11) is 0.305. The highest BCUT2D eigenvalue weighted by Gasteiger charge is 2.32. The van der Waals surface area contributed by atoms with E-state index in [9.17, 15) is 17.6 Å². The number of piperidine rings is 1. The fourth-order valence-corrected chi connectivity index (χ4v) is 7.40. The van der Waals surface area contributed by atoms with Crippen LogP contribution in [-0.4, -0.2) is 68.8 Å². The van der Waals surface area contributed by atoms with Crippen molar-refractivity contribution in [3.63, 3.8) is 0 Å². The van der Waals surface area contributed by atoms with Crippen LogP contribution in [0.3, 0.4) is 0 Å². The Morgan fingerprint density at radius 3 is 2.39 bits per heavy atom. The summed E-state index contributed by atoms with van der Waals surface area (Å²) in [5.74, 6) is -0.000284. The van der Waals surface area contributed by atoms with Crippen molar-refractivity contribution >= 4 is 42.6 Å². The maximum absolute atomic E-state index is 13.7. The monoisotopic (exact) mass is 532 g/mol. The van der Waals surface area contributed by atoms with Crippen molar-refractivity contribution in [3.05, 3.63) is 53.8 Å². The van der Waals surface area contributed by atoms with Gasteiger partial charge in [-0.15, -0.1) is 0 Å². The predicted octanol–water partition coefficient (Wildman–Crippen LogP) is 4.70. The van der Waals surface area contributed by atoms with Gasteiger partial charge in [-0.05, 0) is 87.8 Å². The van der Waals surface area contributed by atoms with Crippen LogP contribution in [0, 0.1) is 17.7 Å². The molecule has 194 valence electrons. The smallest absolute Gasteiger partial charge is 0.260 e. The first kappa shape index (κ1) is 26.7. The van der Waals surface area contributed by atoms with Gasteiger partial charge in [-0.2, -0.15) is 4.31 Å². The Balaban J connectivity index is 1.59. The molecule has 2 aromatic carbocycles. The van der Waals surface area contributed by atoms with E-state index >= 15 is 0 Å². The molecule has 10 heteroatoms. The molecule has 7 nitrogen and oxygen atoms in total. The highest BCUT2D eigenvalue weighted by molar-refractivity contribution is 7.89. The van der Waals surface area contributed by atoms with Gasteiger partial charge in [0, 0.05) is 25.2 Å². The Hall–Kier alpha value is -2.40. The molecule has 36 heavy (non-hydrogen) atoms. The Labute approximate surface area is 216 Å². The molecule has 2 atom stereocenters. The van der Waals surface area contributed by atoms with E-state index in [1.54, 1.807) is 27.4 Å². The molecule has 0 spiro atoms. The second-order valence-electron chi connectivity index (χ2n) is 10.0. The third kappa shape index (κ3) is 5.94. The first-order valence-corrected chi connectivity index (χ1v) is 14.4. The van der Waals surface area contributed by atoms with Crippen molar-refractivity contribution < 1.29 is 17.6 Å². The van der Waals surface area contributed by atoms with Crippen LogP contribution in [0.2, 0.25) is 0 Å². The number of rotatable bonds is 8. The minimum absolute atomic E-state index is 0.190. The third-order valence-electron chi connectivity index (χ3n) is 6.38. The molecule has 0 N–H and O–H groups in total. The maximum atomic E-state index is 13.7. The predicted molar refractivity (Wildman–Crippen MR) is 143 cm³/mol. The van der Waals surface area contributed by atoms with E-state index in [-0.39, 0.29) is 16.6 Å². The molecule has 0 saturated carbocycles. The van der Waals surface area contributed by atoms with Gasteiger partial charge in [-0.1, -0.05) is 25.2 Å². The van der Waals surface area contributed by atoms with Crippen molar-refractivity contribution in [1.82, 2.24) is 14.2 Å². The Morgan fingerprint density at radius 2 is 1.75 bits per heavy atom. The van der Waals surface area contributed by atoms with E-state index in [2.05, 4.69) is 18.8 Å². The molecule has 1 fully saturated rings. The fourth-order valence-electron chi connectivity index (χ4n) is 4.71. The summed E-state index contributed by atoms with van der Waals surface area (Å²) in [6, 6.07) is 10.5. The van der Waals surface area contributed by atoms with Crippen LogP contribution in [0.25, 0.3) is 10.2 Å². The lowest BCUT2D eigenvalue weighted by Gasteiger charge is -2.34. The molecule has 0 aliphatic carbocycles. The first-order chi connectivity index (χ1) is 17.0. The molecule has 4 rings (SSSR count). The zero-order chi connectivity index (χ0) is 26.0. The number of halogens is 1. The minimum Gasteiger partial charge on any atom is -0.309 e. The van der Waals surface area contributed by atoms with E-state index in [4.69, 9.17) is 0 Å². The van der Waals surface area contributed by atoms with E-state index in [1.807, 2.05) is 19.0 Å². The van der Waals surface area contributed by atoms with Crippen LogP contribution in [0.5, 0.6) is 0 Å². The number of aromatic nitrogens is 1. The van der Waals surface area contributed by atoms with Crippen LogP contribution in [0.1, 0.15) is 37.0 Å². The molecule has 1 saturated heterocycles. The van der Waals surface area contributed by atoms with Crippen LogP contribution >= 0.6 is 11.3 Å². The molecule has 1 amide bonds. The van der Waals surface area contributed by atoms with E-state index < -0.39 is 10.0 Å². The minimum atomic E-state index is -3.63. The van der Waals surface area contributed by atoms with Crippen molar-refractivity contribution in [3.8, 4) is 0 Å². The summed E-state index contributed by atoms with van der Waals surface area (Å²) in [5, 5.41) is 0.493. The zero-order valence-corrected chi connectivity index (χ0v) is 22.8. The van der Waals surface area contributed by atoms with Gasteiger partial charge in [0.2, 0.25) is 10.0 Å². The molecule has 1 aliphatic rings. The SMILES string of the molecule is CC1CC(C)CN(S(=O)(=O)c2ccc(C(=O)N(CCCN(C)C)c3nc4ccc(F)cc4s3)cc2)C1. The van der Waals surface area contributed by atoms with Gasteiger partial charge >= 0.3 is 0 Å². The second kappa shape index (κ2) is 10.9. The number of nitrogens with zero attached hydrogens (tertiary/aromatic N) is 4. The number of hydrogen-bond donors (Lipinski definition) is 0. The topological polar surface area (TPSA) is 73.8 Å². The summed E-state index contributed by atoms with van der Waals surface area (Å²) in [4.78, 5) is 22.0. The van der Waals surface area contributed by atoms with Crippen molar-refractivity contribution in [2.45, 2.75) is 31.6 Å². The summed E-state index contributed by atoms with van der Waals surface area (Å²) in [6.07, 6.45) is 1.74. The van der Waals surface area contributed by atoms with Crippen LogP contribution in [0.15, 0.2) is 47.4 Å². The normalized spacial score (nSPS) is 19.2.